The molecule has 0 aliphatic heterocycles. The number of nitrogens with zero attached hydrogens (tertiary/aromatic N) is 2. The van der Waals surface area contributed by atoms with E-state index in [1.807, 2.05) is 14.1 Å². The van der Waals surface area contributed by atoms with Crippen molar-refractivity contribution in [1.82, 2.24) is 10.2 Å². The molecule has 0 unspecified atom stereocenters. The highest BCUT2D eigenvalue weighted by molar-refractivity contribution is 14.0. The molecule has 27 heavy (non-hydrogen) atoms. The SMILES string of the molecule is CN=C(NCc1cccc(COC(C)(C)C)c1)N(C)CCOCC1CC1.I. The van der Waals surface area contributed by atoms with E-state index in [9.17, 15) is 0 Å². The van der Waals surface area contributed by atoms with Crippen LogP contribution in [0.2, 0.25) is 0 Å². The predicted molar refractivity (Wildman–Crippen MR) is 123 cm³/mol. The lowest BCUT2D eigenvalue weighted by molar-refractivity contribution is -0.0149. The highest BCUT2D eigenvalue weighted by Crippen LogP contribution is 2.28. The molecule has 1 aliphatic carbocycles. The minimum atomic E-state index is -0.124. The Kier molecular flexibility index (Phi) is 10.6. The molecule has 0 radical (unpaired) electrons. The molecule has 0 heterocycles. The van der Waals surface area contributed by atoms with Crippen LogP contribution < -0.4 is 5.32 Å². The Balaban J connectivity index is 0.00000364. The van der Waals surface area contributed by atoms with Crippen LogP contribution in [0.15, 0.2) is 29.3 Å². The summed E-state index contributed by atoms with van der Waals surface area (Å²) in [5, 5.41) is 3.43. The Labute approximate surface area is 181 Å². The first-order chi connectivity index (χ1) is 12.4. The summed E-state index contributed by atoms with van der Waals surface area (Å²) in [5.74, 6) is 1.70. The number of benzene rings is 1. The number of aliphatic imine (C=N–C) groups is 1. The fourth-order valence-electron chi connectivity index (χ4n) is 2.54. The van der Waals surface area contributed by atoms with Gasteiger partial charge in [-0.05, 0) is 50.7 Å². The molecule has 0 bridgehead atoms. The zero-order valence-electron chi connectivity index (χ0n) is 17.5. The van der Waals surface area contributed by atoms with E-state index in [0.29, 0.717) is 6.61 Å². The largest absolute Gasteiger partial charge is 0.379 e. The van der Waals surface area contributed by atoms with Gasteiger partial charge in [-0.2, -0.15) is 0 Å². The van der Waals surface area contributed by atoms with Crippen LogP contribution in [-0.2, 0) is 22.6 Å². The maximum absolute atomic E-state index is 5.87. The van der Waals surface area contributed by atoms with Crippen molar-refractivity contribution >= 4 is 29.9 Å². The summed E-state index contributed by atoms with van der Waals surface area (Å²) in [6.07, 6.45) is 2.66. The Morgan fingerprint density at radius 3 is 2.59 bits per heavy atom. The van der Waals surface area contributed by atoms with Crippen LogP contribution in [0.1, 0.15) is 44.7 Å². The molecule has 1 aromatic rings. The number of guanidine groups is 1. The second kappa shape index (κ2) is 11.9. The maximum atomic E-state index is 5.87. The van der Waals surface area contributed by atoms with Crippen molar-refractivity contribution < 1.29 is 9.47 Å². The highest BCUT2D eigenvalue weighted by Gasteiger charge is 2.21. The molecule has 1 aromatic carbocycles. The molecular formula is C21H36IN3O2. The van der Waals surface area contributed by atoms with Gasteiger partial charge in [-0.3, -0.25) is 4.99 Å². The van der Waals surface area contributed by atoms with E-state index in [1.54, 1.807) is 0 Å². The smallest absolute Gasteiger partial charge is 0.193 e. The van der Waals surface area contributed by atoms with Crippen molar-refractivity contribution in [3.8, 4) is 0 Å². The third kappa shape index (κ3) is 10.3. The quantitative estimate of drug-likeness (QED) is 0.246. The lowest BCUT2D eigenvalue weighted by atomic mass is 10.1. The van der Waals surface area contributed by atoms with Gasteiger partial charge in [-0.25, -0.2) is 0 Å². The summed E-state index contributed by atoms with van der Waals surface area (Å²) < 4.78 is 11.6. The van der Waals surface area contributed by atoms with Gasteiger partial charge in [0.2, 0.25) is 0 Å². The van der Waals surface area contributed by atoms with E-state index in [-0.39, 0.29) is 29.6 Å². The number of likely N-dealkylation sites (N-methyl/N-ethyl adjacent to an activating group) is 1. The second-order valence-electron chi connectivity index (χ2n) is 8.06. The van der Waals surface area contributed by atoms with Crippen molar-refractivity contribution in [2.24, 2.45) is 10.9 Å². The van der Waals surface area contributed by atoms with Gasteiger partial charge in [-0.1, -0.05) is 24.3 Å². The van der Waals surface area contributed by atoms with Crippen molar-refractivity contribution in [2.45, 2.75) is 52.4 Å². The molecular weight excluding hydrogens is 453 g/mol. The highest BCUT2D eigenvalue weighted by atomic mass is 127. The Morgan fingerprint density at radius 2 is 1.96 bits per heavy atom. The fourth-order valence-corrected chi connectivity index (χ4v) is 2.54. The van der Waals surface area contributed by atoms with Crippen molar-refractivity contribution in [2.75, 3.05) is 33.9 Å². The Morgan fingerprint density at radius 1 is 1.26 bits per heavy atom. The first kappa shape index (κ1) is 24.2. The van der Waals surface area contributed by atoms with Crippen LogP contribution in [0.3, 0.4) is 0 Å². The zero-order chi connectivity index (χ0) is 19.0. The summed E-state index contributed by atoms with van der Waals surface area (Å²) >= 11 is 0. The van der Waals surface area contributed by atoms with Gasteiger partial charge >= 0.3 is 0 Å². The lowest BCUT2D eigenvalue weighted by Gasteiger charge is -2.22. The molecule has 0 aromatic heterocycles. The molecule has 1 fully saturated rings. The third-order valence-electron chi connectivity index (χ3n) is 4.31. The number of rotatable bonds is 9. The number of ether oxygens (including phenoxy) is 2. The Hall–Kier alpha value is -0.860. The molecule has 0 saturated heterocycles. The molecule has 154 valence electrons. The first-order valence-electron chi connectivity index (χ1n) is 9.58. The van der Waals surface area contributed by atoms with Crippen LogP contribution in [0, 0.1) is 5.92 Å². The predicted octanol–water partition coefficient (Wildman–Crippen LogP) is 4.05. The summed E-state index contributed by atoms with van der Waals surface area (Å²) in [5.41, 5.74) is 2.29. The van der Waals surface area contributed by atoms with Crippen LogP contribution in [0.4, 0.5) is 0 Å². The number of halogens is 1. The maximum Gasteiger partial charge on any atom is 0.193 e. The van der Waals surface area contributed by atoms with Crippen LogP contribution in [-0.4, -0.2) is 50.3 Å². The molecule has 1 saturated carbocycles. The normalized spacial score (nSPS) is 14.6. The third-order valence-corrected chi connectivity index (χ3v) is 4.31. The van der Waals surface area contributed by atoms with Gasteiger partial charge in [0, 0.05) is 33.8 Å². The lowest BCUT2D eigenvalue weighted by Crippen LogP contribution is -2.40. The van der Waals surface area contributed by atoms with E-state index in [0.717, 1.165) is 38.2 Å². The fraction of sp³-hybridized carbons (Fsp3) is 0.667. The average molecular weight is 489 g/mol. The molecule has 0 spiro atoms. The second-order valence-corrected chi connectivity index (χ2v) is 8.06. The van der Waals surface area contributed by atoms with Gasteiger partial charge in [0.05, 0.1) is 18.8 Å². The van der Waals surface area contributed by atoms with Gasteiger partial charge in [0.1, 0.15) is 0 Å². The summed E-state index contributed by atoms with van der Waals surface area (Å²) in [6.45, 7) is 10.1. The van der Waals surface area contributed by atoms with E-state index in [1.165, 1.54) is 24.0 Å². The number of nitrogens with one attached hydrogen (secondary N) is 1. The molecule has 0 amide bonds. The van der Waals surface area contributed by atoms with Gasteiger partial charge in [0.15, 0.2) is 5.96 Å². The van der Waals surface area contributed by atoms with Crippen molar-refractivity contribution in [3.63, 3.8) is 0 Å². The van der Waals surface area contributed by atoms with Crippen molar-refractivity contribution in [1.29, 1.82) is 0 Å². The van der Waals surface area contributed by atoms with Gasteiger partial charge in [-0.15, -0.1) is 24.0 Å². The van der Waals surface area contributed by atoms with Gasteiger partial charge < -0.3 is 19.7 Å². The minimum absolute atomic E-state index is 0. The molecule has 0 atom stereocenters. The van der Waals surface area contributed by atoms with Crippen LogP contribution in [0.5, 0.6) is 0 Å². The van der Waals surface area contributed by atoms with Gasteiger partial charge in [0.25, 0.3) is 0 Å². The Bertz CT molecular complexity index is 583. The molecule has 5 nitrogen and oxygen atoms in total. The van der Waals surface area contributed by atoms with Crippen molar-refractivity contribution in [3.05, 3.63) is 35.4 Å². The first-order valence-corrected chi connectivity index (χ1v) is 9.58. The molecule has 2 rings (SSSR count). The summed E-state index contributed by atoms with van der Waals surface area (Å²) in [4.78, 5) is 6.48. The zero-order valence-corrected chi connectivity index (χ0v) is 19.8. The summed E-state index contributed by atoms with van der Waals surface area (Å²) in [7, 11) is 3.86. The van der Waals surface area contributed by atoms with E-state index in [2.05, 4.69) is 60.2 Å². The van der Waals surface area contributed by atoms with E-state index >= 15 is 0 Å². The molecule has 1 aliphatic rings. The monoisotopic (exact) mass is 489 g/mol. The topological polar surface area (TPSA) is 46.1 Å². The standard InChI is InChI=1S/C21H35N3O2.HI/c1-21(2,3)26-16-19-8-6-7-18(13-19)14-23-20(22-4)24(5)11-12-25-15-17-9-10-17;/h6-8,13,17H,9-12,14-16H2,1-5H3,(H,22,23);1H. The van der Waals surface area contributed by atoms with E-state index < -0.39 is 0 Å². The van der Waals surface area contributed by atoms with E-state index in [4.69, 9.17) is 9.47 Å². The summed E-state index contributed by atoms with van der Waals surface area (Å²) in [6, 6.07) is 8.49. The average Bonchev–Trinajstić information content (AvgIpc) is 3.41. The molecule has 1 N–H and O–H groups in total. The minimum Gasteiger partial charge on any atom is -0.379 e. The number of hydrogen-bond donors (Lipinski definition) is 1. The number of hydrogen-bond acceptors (Lipinski definition) is 3. The van der Waals surface area contributed by atoms with Crippen LogP contribution in [0.25, 0.3) is 0 Å². The van der Waals surface area contributed by atoms with Crippen LogP contribution >= 0.6 is 24.0 Å². The molecule has 6 heteroatoms.